The zero-order valence-corrected chi connectivity index (χ0v) is 9.07. The number of nitrogens with one attached hydrogen (secondary N) is 1. The van der Waals surface area contributed by atoms with Crippen molar-refractivity contribution in [1.82, 2.24) is 5.32 Å². The van der Waals surface area contributed by atoms with E-state index in [1.807, 2.05) is 0 Å². The minimum atomic E-state index is -5.02. The van der Waals surface area contributed by atoms with Gasteiger partial charge in [-0.05, 0) is 6.42 Å². The van der Waals surface area contributed by atoms with Crippen LogP contribution in [0.5, 0.6) is 0 Å². The van der Waals surface area contributed by atoms with Gasteiger partial charge in [-0.3, -0.25) is 4.79 Å². The Morgan fingerprint density at radius 1 is 1.41 bits per heavy atom. The van der Waals surface area contributed by atoms with Crippen molar-refractivity contribution >= 4 is 5.91 Å². The minimum absolute atomic E-state index is 0.265. The van der Waals surface area contributed by atoms with E-state index in [4.69, 9.17) is 4.74 Å². The molecule has 5 nitrogen and oxygen atoms in total. The summed E-state index contributed by atoms with van der Waals surface area (Å²) in [5, 5.41) is 20.6. The highest BCUT2D eigenvalue weighted by molar-refractivity contribution is 5.82. The number of hydrogen-bond donors (Lipinski definition) is 3. The Balaban J connectivity index is 2.60. The van der Waals surface area contributed by atoms with Gasteiger partial charge in [0.2, 0.25) is 0 Å². The summed E-state index contributed by atoms with van der Waals surface area (Å²) in [6.07, 6.45) is -8.03. The summed E-state index contributed by atoms with van der Waals surface area (Å²) in [5.74, 6) is -2.16. The van der Waals surface area contributed by atoms with Gasteiger partial charge in [-0.1, -0.05) is 6.92 Å². The number of ether oxygens (including phenoxy) is 1. The van der Waals surface area contributed by atoms with Crippen LogP contribution < -0.4 is 5.32 Å². The van der Waals surface area contributed by atoms with Gasteiger partial charge in [0.15, 0.2) is 0 Å². The van der Waals surface area contributed by atoms with E-state index in [0.29, 0.717) is 6.42 Å². The highest BCUT2D eigenvalue weighted by atomic mass is 19.4. The van der Waals surface area contributed by atoms with Gasteiger partial charge in [0.05, 0.1) is 18.8 Å². The first kappa shape index (κ1) is 14.2. The van der Waals surface area contributed by atoms with Gasteiger partial charge in [0.1, 0.15) is 12.2 Å². The summed E-state index contributed by atoms with van der Waals surface area (Å²) in [6.45, 7) is 1.44. The summed E-state index contributed by atoms with van der Waals surface area (Å²) in [5.41, 5.74) is 0. The summed E-state index contributed by atoms with van der Waals surface area (Å²) in [7, 11) is 0. The lowest BCUT2D eigenvalue weighted by atomic mass is 9.96. The van der Waals surface area contributed by atoms with E-state index < -0.39 is 36.4 Å². The Labute approximate surface area is 95.6 Å². The molecular weight excluding hydrogens is 243 g/mol. The maximum atomic E-state index is 12.0. The summed E-state index contributed by atoms with van der Waals surface area (Å²) < 4.78 is 41.0. The summed E-state index contributed by atoms with van der Waals surface area (Å²) in [6, 6.07) is -1.26. The normalized spacial score (nSPS) is 34.5. The quantitative estimate of drug-likeness (QED) is 0.627. The lowest BCUT2D eigenvalue weighted by Gasteiger charge is -2.37. The van der Waals surface area contributed by atoms with Crippen LogP contribution in [0.4, 0.5) is 13.2 Å². The van der Waals surface area contributed by atoms with Crippen molar-refractivity contribution in [3.63, 3.8) is 0 Å². The number of amides is 1. The fraction of sp³-hybridized carbons (Fsp3) is 0.889. The molecular formula is C9H14F3NO4. The van der Waals surface area contributed by atoms with Crippen LogP contribution in [-0.2, 0) is 9.53 Å². The molecule has 1 fully saturated rings. The molecule has 0 radical (unpaired) electrons. The van der Waals surface area contributed by atoms with Gasteiger partial charge in [-0.2, -0.15) is 13.2 Å². The molecule has 17 heavy (non-hydrogen) atoms. The average molecular weight is 257 g/mol. The number of hydrogen-bond acceptors (Lipinski definition) is 4. The molecule has 1 aliphatic heterocycles. The Kier molecular flexibility index (Phi) is 4.34. The lowest BCUT2D eigenvalue weighted by molar-refractivity contribution is -0.183. The van der Waals surface area contributed by atoms with Crippen molar-refractivity contribution in [2.75, 3.05) is 6.61 Å². The third-order valence-corrected chi connectivity index (χ3v) is 2.61. The van der Waals surface area contributed by atoms with Crippen LogP contribution in [0.25, 0.3) is 0 Å². The second-order valence-electron chi connectivity index (χ2n) is 3.84. The van der Waals surface area contributed by atoms with Gasteiger partial charge >= 0.3 is 12.1 Å². The molecule has 4 atom stereocenters. The van der Waals surface area contributed by atoms with Crippen LogP contribution in [-0.4, -0.2) is 53.3 Å². The van der Waals surface area contributed by atoms with Crippen molar-refractivity contribution in [2.45, 2.75) is 43.9 Å². The van der Waals surface area contributed by atoms with Gasteiger partial charge in [-0.15, -0.1) is 0 Å². The molecule has 0 aromatic carbocycles. The molecule has 100 valence electrons. The predicted octanol–water partition coefficient (Wildman–Crippen LogP) is -0.436. The second-order valence-corrected chi connectivity index (χ2v) is 3.84. The van der Waals surface area contributed by atoms with Crippen molar-refractivity contribution < 1.29 is 32.9 Å². The third-order valence-electron chi connectivity index (χ3n) is 2.61. The summed E-state index contributed by atoms with van der Waals surface area (Å²) >= 11 is 0. The Bertz CT molecular complexity index is 284. The highest BCUT2D eigenvalue weighted by Crippen LogP contribution is 2.20. The number of halogens is 3. The Hall–Kier alpha value is -0.860. The molecule has 8 heteroatoms. The van der Waals surface area contributed by atoms with E-state index in [-0.39, 0.29) is 6.61 Å². The van der Waals surface area contributed by atoms with Crippen LogP contribution >= 0.6 is 0 Å². The van der Waals surface area contributed by atoms with Crippen LogP contribution in [0.15, 0.2) is 0 Å². The lowest BCUT2D eigenvalue weighted by Crippen LogP contribution is -2.60. The fourth-order valence-electron chi connectivity index (χ4n) is 1.62. The number of aliphatic hydroxyl groups excluding tert-OH is 2. The zero-order valence-electron chi connectivity index (χ0n) is 9.07. The van der Waals surface area contributed by atoms with Crippen LogP contribution in [0.3, 0.4) is 0 Å². The van der Waals surface area contributed by atoms with Crippen molar-refractivity contribution in [3.05, 3.63) is 0 Å². The van der Waals surface area contributed by atoms with Gasteiger partial charge in [0.25, 0.3) is 0 Å². The smallest absolute Gasteiger partial charge is 0.388 e. The molecule has 0 aromatic rings. The van der Waals surface area contributed by atoms with E-state index in [1.165, 1.54) is 0 Å². The predicted molar refractivity (Wildman–Crippen MR) is 50.0 cm³/mol. The van der Waals surface area contributed by atoms with Gasteiger partial charge < -0.3 is 20.3 Å². The highest BCUT2D eigenvalue weighted by Gasteiger charge is 2.44. The minimum Gasteiger partial charge on any atom is -0.388 e. The zero-order chi connectivity index (χ0) is 13.2. The monoisotopic (exact) mass is 257 g/mol. The number of carbonyl (C=O) groups is 1. The number of alkyl halides is 3. The van der Waals surface area contributed by atoms with E-state index >= 15 is 0 Å². The van der Waals surface area contributed by atoms with Crippen LogP contribution in [0.1, 0.15) is 13.3 Å². The first-order valence-corrected chi connectivity index (χ1v) is 5.12. The molecule has 0 spiro atoms. The molecule has 1 saturated heterocycles. The van der Waals surface area contributed by atoms with Crippen LogP contribution in [0.2, 0.25) is 0 Å². The maximum Gasteiger partial charge on any atom is 0.471 e. The largest absolute Gasteiger partial charge is 0.471 e. The molecule has 1 aliphatic rings. The molecule has 0 bridgehead atoms. The van der Waals surface area contributed by atoms with E-state index in [0.717, 1.165) is 0 Å². The number of rotatable bonds is 2. The molecule has 4 unspecified atom stereocenters. The van der Waals surface area contributed by atoms with Crippen molar-refractivity contribution in [1.29, 1.82) is 0 Å². The first-order chi connectivity index (χ1) is 7.77. The van der Waals surface area contributed by atoms with E-state index in [1.54, 1.807) is 12.2 Å². The standard InChI is InChI=1S/C9H14F3NO4/c1-2-5-7(15)6(14)4(3-17-5)13-8(16)9(10,11)12/h4-7,14-15H,2-3H2,1H3,(H,13,16). The molecule has 0 aliphatic carbocycles. The fourth-order valence-corrected chi connectivity index (χ4v) is 1.62. The molecule has 0 aromatic heterocycles. The Morgan fingerprint density at radius 2 is 2.00 bits per heavy atom. The van der Waals surface area contributed by atoms with Crippen molar-refractivity contribution in [3.8, 4) is 0 Å². The number of carbonyl (C=O) groups excluding carboxylic acids is 1. The first-order valence-electron chi connectivity index (χ1n) is 5.12. The van der Waals surface area contributed by atoms with E-state index in [2.05, 4.69) is 0 Å². The van der Waals surface area contributed by atoms with Gasteiger partial charge in [0, 0.05) is 0 Å². The maximum absolute atomic E-state index is 12.0. The molecule has 1 amide bonds. The molecule has 3 N–H and O–H groups in total. The summed E-state index contributed by atoms with van der Waals surface area (Å²) in [4.78, 5) is 10.7. The molecule has 0 saturated carbocycles. The van der Waals surface area contributed by atoms with Crippen molar-refractivity contribution in [2.24, 2.45) is 0 Å². The third kappa shape index (κ3) is 3.30. The van der Waals surface area contributed by atoms with Gasteiger partial charge in [-0.25, -0.2) is 0 Å². The molecule has 1 heterocycles. The number of aliphatic hydroxyl groups is 2. The Morgan fingerprint density at radius 3 is 2.47 bits per heavy atom. The van der Waals surface area contributed by atoms with Crippen LogP contribution in [0, 0.1) is 0 Å². The second kappa shape index (κ2) is 5.19. The average Bonchev–Trinajstić information content (AvgIpc) is 2.23. The molecule has 1 rings (SSSR count). The topological polar surface area (TPSA) is 78.8 Å². The SMILES string of the molecule is CCC1OCC(NC(=O)C(F)(F)F)C(O)C1O. The van der Waals surface area contributed by atoms with E-state index in [9.17, 15) is 28.2 Å².